The highest BCUT2D eigenvalue weighted by molar-refractivity contribution is 6.10. The topological polar surface area (TPSA) is 26.0 Å². The van der Waals surface area contributed by atoms with Crippen LogP contribution in [0.15, 0.2) is 132 Å². The van der Waals surface area contributed by atoms with E-state index in [2.05, 4.69) is 121 Å². The summed E-state index contributed by atoms with van der Waals surface area (Å²) in [6, 6.07) is 43.6. The van der Waals surface area contributed by atoms with Crippen LogP contribution in [0.1, 0.15) is 0 Å². The van der Waals surface area contributed by atoms with Gasteiger partial charge in [-0.2, -0.15) is 0 Å². The van der Waals surface area contributed by atoms with E-state index in [1.54, 1.807) is 0 Å². The number of benzene rings is 5. The van der Waals surface area contributed by atoms with Crippen molar-refractivity contribution in [2.45, 2.75) is 0 Å². The van der Waals surface area contributed by atoms with Crippen LogP contribution in [0.4, 0.5) is 0 Å². The molecule has 2 nitrogen and oxygen atoms in total. The minimum absolute atomic E-state index is 0.805. The lowest BCUT2D eigenvalue weighted by Crippen LogP contribution is -1.77. The molecule has 0 aliphatic carbocycles. The normalized spacial score (nSPS) is 11.8. The van der Waals surface area contributed by atoms with Gasteiger partial charge in [0.25, 0.3) is 0 Å². The summed E-state index contributed by atoms with van der Waals surface area (Å²) in [7, 11) is 0. The summed E-state index contributed by atoms with van der Waals surface area (Å²) in [4.78, 5) is 4.77. The lowest BCUT2D eigenvalue weighted by molar-refractivity contribution is 0.667. The first kappa shape index (κ1) is 20.3. The molecule has 0 spiro atoms. The number of hydrogen-bond donors (Lipinski definition) is 0. The van der Waals surface area contributed by atoms with E-state index in [1.165, 1.54) is 43.1 Å². The van der Waals surface area contributed by atoms with E-state index in [4.69, 9.17) is 9.40 Å². The summed E-state index contributed by atoms with van der Waals surface area (Å²) >= 11 is 0. The molecule has 0 fully saturated rings. The standard InChI is InChI=1S/C35H21NO/c1-5-22-15-23(6-1)25-8-3-10-27(17-25)29-13-14-34-31(19-29)32-20-33(36-21-35(32)37-34)30-12-4-11-28(18-30)26-9-2-7-24(22)16-26/h1-21H. The third kappa shape index (κ3) is 3.30. The fraction of sp³-hybridized carbons (Fsp3) is 0. The summed E-state index contributed by atoms with van der Waals surface area (Å²) < 4.78 is 6.16. The van der Waals surface area contributed by atoms with Crippen molar-refractivity contribution in [2.75, 3.05) is 0 Å². The Morgan fingerprint density at radius 3 is 1.35 bits per heavy atom. The van der Waals surface area contributed by atoms with Crippen LogP contribution in [0.2, 0.25) is 0 Å². The second-order valence-corrected chi connectivity index (χ2v) is 9.70. The van der Waals surface area contributed by atoms with Crippen LogP contribution in [0.3, 0.4) is 0 Å². The van der Waals surface area contributed by atoms with Crippen LogP contribution in [0, 0.1) is 0 Å². The molecule has 37 heavy (non-hydrogen) atoms. The van der Waals surface area contributed by atoms with Crippen molar-refractivity contribution >= 4 is 75.9 Å². The molecule has 0 saturated heterocycles. The van der Waals surface area contributed by atoms with Crippen molar-refractivity contribution < 1.29 is 4.42 Å². The van der Waals surface area contributed by atoms with Crippen molar-refractivity contribution in [1.29, 1.82) is 0 Å². The molecular weight excluding hydrogens is 450 g/mol. The Morgan fingerprint density at radius 2 is 0.811 bits per heavy atom. The maximum atomic E-state index is 6.16. The minimum Gasteiger partial charge on any atom is -0.454 e. The van der Waals surface area contributed by atoms with Crippen molar-refractivity contribution in [3.8, 4) is 0 Å². The Hall–Kier alpha value is -4.95. The quantitative estimate of drug-likeness (QED) is 0.220. The smallest absolute Gasteiger partial charge is 0.153 e. The largest absolute Gasteiger partial charge is 0.454 e. The molecule has 0 saturated carbocycles. The molecule has 8 rings (SSSR count). The Balaban J connectivity index is 1.62. The second kappa shape index (κ2) is 7.78. The van der Waals surface area contributed by atoms with Gasteiger partial charge in [-0.1, -0.05) is 78.9 Å². The Bertz CT molecular complexity index is 2100. The van der Waals surface area contributed by atoms with Crippen molar-refractivity contribution in [1.82, 2.24) is 4.98 Å². The first-order valence-corrected chi connectivity index (χ1v) is 12.5. The van der Waals surface area contributed by atoms with Gasteiger partial charge in [-0.25, -0.2) is 0 Å². The highest BCUT2D eigenvalue weighted by Gasteiger charge is 2.08. The Morgan fingerprint density at radius 1 is 0.378 bits per heavy atom. The van der Waals surface area contributed by atoms with Crippen LogP contribution in [0.25, 0.3) is 75.9 Å². The van der Waals surface area contributed by atoms with Gasteiger partial charge < -0.3 is 4.42 Å². The molecule has 0 N–H and O–H groups in total. The van der Waals surface area contributed by atoms with Gasteiger partial charge in [-0.3, -0.25) is 4.98 Å². The maximum Gasteiger partial charge on any atom is 0.153 e. The molecule has 0 radical (unpaired) electrons. The van der Waals surface area contributed by atoms with E-state index >= 15 is 0 Å². The summed E-state index contributed by atoms with van der Waals surface area (Å²) in [5.41, 5.74) is 2.62. The third-order valence-electron chi connectivity index (χ3n) is 7.44. The van der Waals surface area contributed by atoms with Crippen LogP contribution < -0.4 is 0 Å². The van der Waals surface area contributed by atoms with E-state index in [1.807, 2.05) is 6.20 Å². The molecular formula is C35H21NO. The molecule has 12 bridgehead atoms. The van der Waals surface area contributed by atoms with Gasteiger partial charge >= 0.3 is 0 Å². The zero-order valence-corrected chi connectivity index (χ0v) is 20.0. The average molecular weight is 472 g/mol. The van der Waals surface area contributed by atoms with Crippen molar-refractivity contribution in [2.24, 2.45) is 0 Å². The molecule has 6 aromatic carbocycles. The predicted octanol–water partition coefficient (Wildman–Crippen LogP) is 9.87. The average Bonchev–Trinajstić information content (AvgIpc) is 3.34. The molecule has 0 aliphatic rings. The minimum atomic E-state index is 0.805. The van der Waals surface area contributed by atoms with Crippen molar-refractivity contribution in [3.63, 3.8) is 0 Å². The van der Waals surface area contributed by atoms with E-state index < -0.39 is 0 Å². The lowest BCUT2D eigenvalue weighted by Gasteiger charge is -2.01. The zero-order valence-electron chi connectivity index (χ0n) is 20.0. The molecule has 172 valence electrons. The molecule has 0 amide bonds. The first-order valence-electron chi connectivity index (χ1n) is 12.5. The van der Waals surface area contributed by atoms with E-state index in [0.29, 0.717) is 0 Å². The zero-order chi connectivity index (χ0) is 24.3. The van der Waals surface area contributed by atoms with Gasteiger partial charge in [0.2, 0.25) is 0 Å². The van der Waals surface area contributed by atoms with Crippen molar-refractivity contribution in [3.05, 3.63) is 128 Å². The Labute approximate surface area is 212 Å². The molecule has 2 heterocycles. The molecule has 0 aliphatic heterocycles. The summed E-state index contributed by atoms with van der Waals surface area (Å²) in [5, 5.41) is 12.8. The first-order chi connectivity index (χ1) is 18.3. The van der Waals surface area contributed by atoms with Crippen LogP contribution in [0.5, 0.6) is 0 Å². The summed E-state index contributed by atoms with van der Waals surface area (Å²) in [5.74, 6) is 0. The maximum absolute atomic E-state index is 6.16. The predicted molar refractivity (Wildman–Crippen MR) is 157 cm³/mol. The van der Waals surface area contributed by atoms with Gasteiger partial charge in [0.05, 0.1) is 11.7 Å². The Kier molecular flexibility index (Phi) is 4.26. The van der Waals surface area contributed by atoms with Gasteiger partial charge in [0, 0.05) is 16.2 Å². The van der Waals surface area contributed by atoms with Gasteiger partial charge in [-0.15, -0.1) is 0 Å². The lowest BCUT2D eigenvalue weighted by atomic mass is 10.0. The fourth-order valence-electron chi connectivity index (χ4n) is 5.51. The highest BCUT2D eigenvalue weighted by Crippen LogP contribution is 2.32. The monoisotopic (exact) mass is 471 g/mol. The van der Waals surface area contributed by atoms with E-state index in [-0.39, 0.29) is 0 Å². The van der Waals surface area contributed by atoms with Crippen LogP contribution in [-0.2, 0) is 0 Å². The van der Waals surface area contributed by atoms with Gasteiger partial charge in [0.1, 0.15) is 5.58 Å². The molecule has 2 aromatic heterocycles. The van der Waals surface area contributed by atoms with E-state index in [0.717, 1.165) is 32.8 Å². The summed E-state index contributed by atoms with van der Waals surface area (Å²) in [6.07, 6.45) is 1.85. The van der Waals surface area contributed by atoms with Gasteiger partial charge in [-0.05, 0) is 85.6 Å². The molecule has 8 aromatic rings. The number of fused-ring (bicyclic) bond motifs is 15. The molecule has 0 atom stereocenters. The number of pyridine rings is 1. The van der Waals surface area contributed by atoms with Crippen LogP contribution in [-0.4, -0.2) is 4.98 Å². The second-order valence-electron chi connectivity index (χ2n) is 9.70. The van der Waals surface area contributed by atoms with Crippen LogP contribution >= 0.6 is 0 Å². The molecule has 0 unspecified atom stereocenters. The molecule has 2 heteroatoms. The third-order valence-corrected chi connectivity index (χ3v) is 7.44. The van der Waals surface area contributed by atoms with E-state index in [9.17, 15) is 0 Å². The number of hydrogen-bond acceptors (Lipinski definition) is 2. The number of furan rings is 1. The number of rotatable bonds is 0. The SMILES string of the molecule is c1cc2cc(c1)c1cccc(c1)c1ccc3oc4cnc(cc4c3c1)c1cccc(c1)c1cccc2c1. The fourth-order valence-corrected chi connectivity index (χ4v) is 5.51. The van der Waals surface area contributed by atoms with Gasteiger partial charge in [0.15, 0.2) is 5.58 Å². The summed E-state index contributed by atoms with van der Waals surface area (Å²) in [6.45, 7) is 0. The number of aromatic nitrogens is 1. The number of nitrogens with zero attached hydrogens (tertiary/aromatic N) is 1. The highest BCUT2D eigenvalue weighted by atomic mass is 16.3.